The van der Waals surface area contributed by atoms with Crippen LogP contribution in [0.2, 0.25) is 0 Å². The highest BCUT2D eigenvalue weighted by atomic mass is 35.5. The standard InChI is InChI=1S/C12H10F3NS.ClH/c13-10-3-1-2-8(12(10)15)6-16-7-9-4-5-11(14)17-9;/h1-5,16H,6-7H2;1H. The van der Waals surface area contributed by atoms with Crippen LogP contribution in [-0.2, 0) is 13.1 Å². The van der Waals surface area contributed by atoms with E-state index in [1.807, 2.05) is 0 Å². The molecule has 0 radical (unpaired) electrons. The summed E-state index contributed by atoms with van der Waals surface area (Å²) in [6, 6.07) is 7.09. The lowest BCUT2D eigenvalue weighted by Gasteiger charge is -2.05. The van der Waals surface area contributed by atoms with E-state index in [0.29, 0.717) is 6.54 Å². The number of halogens is 4. The highest BCUT2D eigenvalue weighted by Gasteiger charge is 2.07. The first-order valence-electron chi connectivity index (χ1n) is 5.04. The maximum absolute atomic E-state index is 13.3. The molecule has 0 saturated heterocycles. The number of hydrogen-bond donors (Lipinski definition) is 1. The van der Waals surface area contributed by atoms with Gasteiger partial charge in [-0.25, -0.2) is 8.78 Å². The number of hydrogen-bond acceptors (Lipinski definition) is 2. The van der Waals surface area contributed by atoms with Crippen LogP contribution >= 0.6 is 23.7 Å². The van der Waals surface area contributed by atoms with E-state index >= 15 is 0 Å². The van der Waals surface area contributed by atoms with Crippen LogP contribution in [0, 0.1) is 16.8 Å². The van der Waals surface area contributed by atoms with E-state index in [-0.39, 0.29) is 29.6 Å². The highest BCUT2D eigenvalue weighted by molar-refractivity contribution is 7.10. The van der Waals surface area contributed by atoms with Crippen LogP contribution in [0.1, 0.15) is 10.4 Å². The van der Waals surface area contributed by atoms with E-state index in [2.05, 4.69) is 5.32 Å². The van der Waals surface area contributed by atoms with Crippen LogP contribution in [0.3, 0.4) is 0 Å². The van der Waals surface area contributed by atoms with E-state index in [4.69, 9.17) is 0 Å². The monoisotopic (exact) mass is 293 g/mol. The van der Waals surface area contributed by atoms with Crippen LogP contribution in [0.15, 0.2) is 30.3 Å². The van der Waals surface area contributed by atoms with Crippen molar-refractivity contribution in [2.75, 3.05) is 0 Å². The second-order valence-electron chi connectivity index (χ2n) is 3.52. The minimum Gasteiger partial charge on any atom is -0.308 e. The van der Waals surface area contributed by atoms with Crippen molar-refractivity contribution in [3.63, 3.8) is 0 Å². The van der Waals surface area contributed by atoms with Gasteiger partial charge in [-0.3, -0.25) is 0 Å². The van der Waals surface area contributed by atoms with Gasteiger partial charge in [-0.2, -0.15) is 4.39 Å². The largest absolute Gasteiger partial charge is 0.308 e. The fraction of sp³-hybridized carbons (Fsp3) is 0.167. The Morgan fingerprint density at radius 3 is 2.44 bits per heavy atom. The van der Waals surface area contributed by atoms with Crippen LogP contribution in [0.4, 0.5) is 13.2 Å². The van der Waals surface area contributed by atoms with Crippen molar-refractivity contribution in [3.05, 3.63) is 57.5 Å². The van der Waals surface area contributed by atoms with E-state index in [1.54, 1.807) is 6.07 Å². The molecule has 0 atom stereocenters. The first kappa shape index (κ1) is 15.0. The third kappa shape index (κ3) is 3.73. The molecule has 1 N–H and O–H groups in total. The predicted molar refractivity (Wildman–Crippen MR) is 68.4 cm³/mol. The van der Waals surface area contributed by atoms with Crippen LogP contribution in [-0.4, -0.2) is 0 Å². The molecule has 18 heavy (non-hydrogen) atoms. The Kier molecular flexibility index (Phi) is 5.65. The number of benzene rings is 1. The molecule has 0 saturated carbocycles. The molecule has 1 aromatic carbocycles. The van der Waals surface area contributed by atoms with Gasteiger partial charge in [0.15, 0.2) is 16.8 Å². The van der Waals surface area contributed by atoms with Crippen LogP contribution in [0.25, 0.3) is 0 Å². The second kappa shape index (κ2) is 6.78. The fourth-order valence-electron chi connectivity index (χ4n) is 1.45. The van der Waals surface area contributed by atoms with E-state index in [9.17, 15) is 13.2 Å². The average molecular weight is 294 g/mol. The third-order valence-electron chi connectivity index (χ3n) is 2.28. The van der Waals surface area contributed by atoms with Crippen molar-refractivity contribution in [2.45, 2.75) is 13.1 Å². The molecule has 0 aliphatic carbocycles. The summed E-state index contributed by atoms with van der Waals surface area (Å²) in [5.74, 6) is -1.69. The zero-order valence-electron chi connectivity index (χ0n) is 9.25. The van der Waals surface area contributed by atoms with Gasteiger partial charge in [0.1, 0.15) is 0 Å². The van der Waals surface area contributed by atoms with E-state index in [1.165, 1.54) is 18.2 Å². The molecule has 0 aliphatic heterocycles. The molecule has 1 heterocycles. The summed E-state index contributed by atoms with van der Waals surface area (Å²) in [4.78, 5) is 0.819. The summed E-state index contributed by atoms with van der Waals surface area (Å²) >= 11 is 1.03. The molecule has 1 aromatic heterocycles. The maximum atomic E-state index is 13.3. The van der Waals surface area contributed by atoms with E-state index < -0.39 is 11.6 Å². The number of thiophene rings is 1. The van der Waals surface area contributed by atoms with Crippen LogP contribution in [0.5, 0.6) is 0 Å². The second-order valence-corrected chi connectivity index (χ2v) is 4.64. The Morgan fingerprint density at radius 2 is 1.78 bits per heavy atom. The van der Waals surface area contributed by atoms with E-state index in [0.717, 1.165) is 22.3 Å². The number of rotatable bonds is 4. The topological polar surface area (TPSA) is 12.0 Å². The maximum Gasteiger partial charge on any atom is 0.176 e. The van der Waals surface area contributed by atoms with Gasteiger partial charge in [0.2, 0.25) is 0 Å². The molecule has 6 heteroatoms. The van der Waals surface area contributed by atoms with Crippen LogP contribution < -0.4 is 5.32 Å². The molecule has 0 amide bonds. The molecular formula is C12H11ClF3NS. The fourth-order valence-corrected chi connectivity index (χ4v) is 2.15. The van der Waals surface area contributed by atoms with Gasteiger partial charge in [-0.15, -0.1) is 23.7 Å². The first-order valence-corrected chi connectivity index (χ1v) is 5.86. The minimum atomic E-state index is -0.855. The van der Waals surface area contributed by atoms with Crippen molar-refractivity contribution >= 4 is 23.7 Å². The van der Waals surface area contributed by atoms with Crippen molar-refractivity contribution < 1.29 is 13.2 Å². The summed E-state index contributed by atoms with van der Waals surface area (Å²) in [6.07, 6.45) is 0. The van der Waals surface area contributed by atoms with Crippen molar-refractivity contribution in [1.29, 1.82) is 0 Å². The van der Waals surface area contributed by atoms with Gasteiger partial charge in [0.05, 0.1) is 0 Å². The molecule has 2 aromatic rings. The van der Waals surface area contributed by atoms with Gasteiger partial charge < -0.3 is 5.32 Å². The average Bonchev–Trinajstić information content (AvgIpc) is 2.70. The van der Waals surface area contributed by atoms with Gasteiger partial charge in [-0.05, 0) is 18.2 Å². The van der Waals surface area contributed by atoms with Gasteiger partial charge in [-0.1, -0.05) is 12.1 Å². The van der Waals surface area contributed by atoms with Crippen molar-refractivity contribution in [2.24, 2.45) is 0 Å². The predicted octanol–water partition coefficient (Wildman–Crippen LogP) is 3.88. The molecule has 1 nitrogen and oxygen atoms in total. The Bertz CT molecular complexity index is 516. The summed E-state index contributed by atoms with van der Waals surface area (Å²) in [7, 11) is 0. The molecular weight excluding hydrogens is 283 g/mol. The smallest absolute Gasteiger partial charge is 0.176 e. The quantitative estimate of drug-likeness (QED) is 0.902. The highest BCUT2D eigenvalue weighted by Crippen LogP contribution is 2.15. The first-order chi connectivity index (χ1) is 8.16. The van der Waals surface area contributed by atoms with Gasteiger partial charge in [0, 0.05) is 23.5 Å². The summed E-state index contributed by atoms with van der Waals surface area (Å²) in [5, 5.41) is 2.69. The summed E-state index contributed by atoms with van der Waals surface area (Å²) in [5.41, 5.74) is 0.266. The lowest BCUT2D eigenvalue weighted by Crippen LogP contribution is -2.13. The molecule has 0 spiro atoms. The Balaban J connectivity index is 0.00000162. The SMILES string of the molecule is Cl.Fc1ccc(CNCc2cccc(F)c2F)s1. The summed E-state index contributed by atoms with van der Waals surface area (Å²) < 4.78 is 38.8. The molecule has 0 bridgehead atoms. The Labute approximate surface area is 113 Å². The molecule has 0 aliphatic rings. The van der Waals surface area contributed by atoms with Gasteiger partial charge >= 0.3 is 0 Å². The minimum absolute atomic E-state index is 0. The molecule has 0 fully saturated rings. The lowest BCUT2D eigenvalue weighted by molar-refractivity contribution is 0.493. The van der Waals surface area contributed by atoms with Crippen molar-refractivity contribution in [3.8, 4) is 0 Å². The normalized spacial score (nSPS) is 10.2. The Hall–Kier alpha value is -1.04. The molecule has 98 valence electrons. The number of nitrogens with one attached hydrogen (secondary N) is 1. The summed E-state index contributed by atoms with van der Waals surface area (Å²) in [6.45, 7) is 0.646. The van der Waals surface area contributed by atoms with Gasteiger partial charge in [0.25, 0.3) is 0 Å². The Morgan fingerprint density at radius 1 is 1.00 bits per heavy atom. The molecule has 0 unspecified atom stereocenters. The van der Waals surface area contributed by atoms with Crippen molar-refractivity contribution in [1.82, 2.24) is 5.32 Å². The third-order valence-corrected chi connectivity index (χ3v) is 3.15. The zero-order valence-corrected chi connectivity index (χ0v) is 10.9. The lowest BCUT2D eigenvalue weighted by atomic mass is 10.2. The zero-order chi connectivity index (χ0) is 12.3. The molecule has 2 rings (SSSR count).